The van der Waals surface area contributed by atoms with Gasteiger partial charge in [0.15, 0.2) is 0 Å². The minimum absolute atomic E-state index is 0.0294. The van der Waals surface area contributed by atoms with Gasteiger partial charge in [-0.25, -0.2) is 0 Å². The minimum Gasteiger partial charge on any atom is -0.316 e. The lowest BCUT2D eigenvalue weighted by atomic mass is 9.62. The van der Waals surface area contributed by atoms with Crippen molar-refractivity contribution in [3.05, 3.63) is 65.2 Å². The Bertz CT molecular complexity index is 838. The molecule has 1 saturated heterocycles. The van der Waals surface area contributed by atoms with Crippen molar-refractivity contribution in [3.8, 4) is 0 Å². The minimum atomic E-state index is -0.0294. The van der Waals surface area contributed by atoms with Crippen LogP contribution in [-0.4, -0.2) is 25.5 Å². The number of carbonyl (C=O) groups excluding carboxylic acids is 1. The van der Waals surface area contributed by atoms with Crippen molar-refractivity contribution in [2.45, 2.75) is 37.5 Å². The Balaban J connectivity index is 1.55. The average Bonchev–Trinajstić information content (AvgIpc) is 3.17. The number of hydrogen-bond donors (Lipinski definition) is 1. The van der Waals surface area contributed by atoms with Gasteiger partial charge in [-0.3, -0.25) is 4.79 Å². The van der Waals surface area contributed by atoms with Gasteiger partial charge >= 0.3 is 0 Å². The fourth-order valence-corrected chi connectivity index (χ4v) is 5.54. The third-order valence-corrected chi connectivity index (χ3v) is 6.79. The van der Waals surface area contributed by atoms with Crippen LogP contribution in [0.4, 0.5) is 5.69 Å². The van der Waals surface area contributed by atoms with Crippen molar-refractivity contribution in [2.75, 3.05) is 24.5 Å². The molecule has 0 bridgehead atoms. The van der Waals surface area contributed by atoms with Crippen LogP contribution in [0.1, 0.15) is 36.0 Å². The molecule has 1 fully saturated rings. The molecule has 2 unspecified atom stereocenters. The monoisotopic (exact) mass is 346 g/mol. The maximum absolute atomic E-state index is 13.8. The summed E-state index contributed by atoms with van der Waals surface area (Å²) < 4.78 is 0. The summed E-state index contributed by atoms with van der Waals surface area (Å²) in [6.45, 7) is 2.79. The van der Waals surface area contributed by atoms with E-state index in [1.807, 2.05) is 0 Å². The molecule has 1 N–H and O–H groups in total. The Labute approximate surface area is 155 Å². The molecule has 0 saturated carbocycles. The topological polar surface area (TPSA) is 32.3 Å². The van der Waals surface area contributed by atoms with Crippen LogP contribution in [-0.2, 0) is 23.1 Å². The predicted octanol–water partition coefficient (Wildman–Crippen LogP) is 3.46. The van der Waals surface area contributed by atoms with Crippen LogP contribution in [0.25, 0.3) is 0 Å². The lowest BCUT2D eigenvalue weighted by Gasteiger charge is -2.44. The van der Waals surface area contributed by atoms with E-state index in [1.54, 1.807) is 0 Å². The quantitative estimate of drug-likeness (QED) is 0.858. The maximum atomic E-state index is 13.8. The van der Waals surface area contributed by atoms with Crippen molar-refractivity contribution in [2.24, 2.45) is 5.92 Å². The number of nitrogens with one attached hydrogen (secondary N) is 1. The van der Waals surface area contributed by atoms with Gasteiger partial charge in [-0.1, -0.05) is 42.5 Å². The van der Waals surface area contributed by atoms with Crippen LogP contribution >= 0.6 is 0 Å². The molecule has 1 spiro atoms. The molecule has 2 aromatic carbocycles. The third-order valence-electron chi connectivity index (χ3n) is 6.79. The highest BCUT2D eigenvalue weighted by Gasteiger charge is 2.50. The average molecular weight is 346 g/mol. The van der Waals surface area contributed by atoms with Crippen LogP contribution in [0.15, 0.2) is 48.5 Å². The van der Waals surface area contributed by atoms with E-state index in [-0.39, 0.29) is 11.3 Å². The fraction of sp³-hybridized carbons (Fsp3) is 0.435. The number of carbonyl (C=O) groups is 1. The summed E-state index contributed by atoms with van der Waals surface area (Å²) in [5, 5.41) is 3.56. The van der Waals surface area contributed by atoms with Crippen LogP contribution < -0.4 is 10.2 Å². The molecule has 26 heavy (non-hydrogen) atoms. The number of para-hydroxylation sites is 1. The largest absolute Gasteiger partial charge is 0.316 e. The van der Waals surface area contributed by atoms with Gasteiger partial charge in [0.2, 0.25) is 5.91 Å². The highest BCUT2D eigenvalue weighted by Crippen LogP contribution is 2.47. The summed E-state index contributed by atoms with van der Waals surface area (Å²) in [5.74, 6) is 0.425. The van der Waals surface area contributed by atoms with Crippen LogP contribution in [0.5, 0.6) is 0 Å². The summed E-state index contributed by atoms with van der Waals surface area (Å²) in [6.07, 6.45) is 5.20. The Morgan fingerprint density at radius 1 is 1.04 bits per heavy atom. The van der Waals surface area contributed by atoms with E-state index in [2.05, 4.69) is 58.7 Å². The number of aryl methyl sites for hydroxylation is 2. The molecule has 2 aromatic rings. The summed E-state index contributed by atoms with van der Waals surface area (Å²) in [7, 11) is 0. The van der Waals surface area contributed by atoms with E-state index in [1.165, 1.54) is 16.7 Å². The molecule has 1 aliphatic carbocycles. The first-order valence-corrected chi connectivity index (χ1v) is 9.98. The van der Waals surface area contributed by atoms with Crippen molar-refractivity contribution >= 4 is 11.6 Å². The first-order valence-electron chi connectivity index (χ1n) is 9.98. The summed E-state index contributed by atoms with van der Waals surface area (Å²) in [5.41, 5.74) is 5.29. The molecule has 2 atom stereocenters. The van der Waals surface area contributed by atoms with E-state index >= 15 is 0 Å². The second kappa shape index (κ2) is 6.24. The number of rotatable bonds is 1. The first-order chi connectivity index (χ1) is 12.8. The zero-order valence-corrected chi connectivity index (χ0v) is 15.2. The number of amides is 1. The maximum Gasteiger partial charge on any atom is 0.231 e. The second-order valence-electron chi connectivity index (χ2n) is 8.05. The van der Waals surface area contributed by atoms with Gasteiger partial charge in [0, 0.05) is 30.1 Å². The van der Waals surface area contributed by atoms with Gasteiger partial charge in [-0.2, -0.15) is 0 Å². The third kappa shape index (κ3) is 2.34. The molecule has 3 aliphatic rings. The first kappa shape index (κ1) is 16.1. The van der Waals surface area contributed by atoms with Crippen molar-refractivity contribution < 1.29 is 4.79 Å². The summed E-state index contributed by atoms with van der Waals surface area (Å²) >= 11 is 0. The van der Waals surface area contributed by atoms with Gasteiger partial charge in [0.1, 0.15) is 0 Å². The standard InChI is InChI=1S/C23H26N2O/c26-22(25-15-5-8-18-7-2-4-10-21(18)25)20-12-11-17-6-1-3-9-19(17)23(20)13-14-24-16-23/h1-4,6-7,9-10,20,24H,5,8,11-16H2. The normalized spacial score (nSPS) is 27.2. The Morgan fingerprint density at radius 3 is 2.69 bits per heavy atom. The number of fused-ring (bicyclic) bond motifs is 3. The van der Waals surface area contributed by atoms with E-state index < -0.39 is 0 Å². The number of hydrogen-bond acceptors (Lipinski definition) is 2. The Morgan fingerprint density at radius 2 is 1.85 bits per heavy atom. The van der Waals surface area contributed by atoms with Crippen LogP contribution in [0.3, 0.4) is 0 Å². The van der Waals surface area contributed by atoms with E-state index in [4.69, 9.17) is 0 Å². The smallest absolute Gasteiger partial charge is 0.231 e. The summed E-state index contributed by atoms with van der Waals surface area (Å²) in [4.78, 5) is 15.9. The lowest BCUT2D eigenvalue weighted by molar-refractivity contribution is -0.125. The molecular weight excluding hydrogens is 320 g/mol. The highest BCUT2D eigenvalue weighted by molar-refractivity contribution is 5.97. The zero-order chi connectivity index (χ0) is 17.6. The molecule has 2 aliphatic heterocycles. The van der Waals surface area contributed by atoms with Crippen LogP contribution in [0.2, 0.25) is 0 Å². The van der Waals surface area contributed by atoms with Gasteiger partial charge < -0.3 is 10.2 Å². The fourth-order valence-electron chi connectivity index (χ4n) is 5.54. The molecule has 0 aromatic heterocycles. The Kier molecular flexibility index (Phi) is 3.86. The second-order valence-corrected chi connectivity index (χ2v) is 8.05. The number of nitrogens with zero attached hydrogens (tertiary/aromatic N) is 1. The SMILES string of the molecule is O=C(C1CCc2ccccc2C12CCNC2)N1CCCc2ccccc21. The molecule has 134 valence electrons. The molecule has 5 rings (SSSR count). The van der Waals surface area contributed by atoms with Gasteiger partial charge in [0.25, 0.3) is 0 Å². The molecule has 2 heterocycles. The van der Waals surface area contributed by atoms with Crippen LogP contribution in [0, 0.1) is 5.92 Å². The van der Waals surface area contributed by atoms with Crippen molar-refractivity contribution in [1.29, 1.82) is 0 Å². The van der Waals surface area contributed by atoms with Gasteiger partial charge in [0.05, 0.1) is 0 Å². The van der Waals surface area contributed by atoms with E-state index in [0.29, 0.717) is 5.91 Å². The highest BCUT2D eigenvalue weighted by atomic mass is 16.2. The molecular formula is C23H26N2O. The molecule has 3 heteroatoms. The summed E-state index contributed by atoms with van der Waals surface area (Å²) in [6, 6.07) is 17.3. The molecule has 1 amide bonds. The van der Waals surface area contributed by atoms with Gasteiger partial charge in [-0.15, -0.1) is 0 Å². The van der Waals surface area contributed by atoms with Crippen molar-refractivity contribution in [3.63, 3.8) is 0 Å². The molecule has 0 radical (unpaired) electrons. The lowest BCUT2D eigenvalue weighted by Crippen LogP contribution is -2.51. The number of anilines is 1. The zero-order valence-electron chi connectivity index (χ0n) is 15.2. The van der Waals surface area contributed by atoms with E-state index in [0.717, 1.165) is 57.4 Å². The Hall–Kier alpha value is -2.13. The predicted molar refractivity (Wildman–Crippen MR) is 105 cm³/mol. The van der Waals surface area contributed by atoms with Gasteiger partial charge in [-0.05, 0) is 61.4 Å². The number of benzene rings is 2. The molecule has 3 nitrogen and oxygen atoms in total. The van der Waals surface area contributed by atoms with Crippen molar-refractivity contribution in [1.82, 2.24) is 5.32 Å². The van der Waals surface area contributed by atoms with E-state index in [9.17, 15) is 4.79 Å².